The van der Waals surface area contributed by atoms with E-state index in [4.69, 9.17) is 4.99 Å². The van der Waals surface area contributed by atoms with Crippen molar-refractivity contribution in [1.29, 1.82) is 0 Å². The van der Waals surface area contributed by atoms with E-state index >= 15 is 0 Å². The van der Waals surface area contributed by atoms with Gasteiger partial charge in [0.05, 0.1) is 5.69 Å². The van der Waals surface area contributed by atoms with Crippen molar-refractivity contribution in [1.82, 2.24) is 0 Å². The molecule has 0 spiro atoms. The summed E-state index contributed by atoms with van der Waals surface area (Å²) in [7, 11) is 0. The molecule has 30 heavy (non-hydrogen) atoms. The van der Waals surface area contributed by atoms with E-state index in [0.717, 1.165) is 21.7 Å². The number of hydrogen-bond donors (Lipinski definition) is 1. The van der Waals surface area contributed by atoms with E-state index in [2.05, 4.69) is 71.9 Å². The molecule has 156 valence electrons. The first-order valence-electron chi connectivity index (χ1n) is 10.3. The minimum Gasteiger partial charge on any atom is -0.507 e. The van der Waals surface area contributed by atoms with Crippen LogP contribution in [0.2, 0.25) is 0 Å². The number of phenols is 1. The third-order valence-electron chi connectivity index (χ3n) is 4.99. The summed E-state index contributed by atoms with van der Waals surface area (Å²) >= 11 is 1.69. The Kier molecular flexibility index (Phi) is 6.42. The minimum atomic E-state index is -0.158. The van der Waals surface area contributed by atoms with Gasteiger partial charge in [-0.3, -0.25) is 4.99 Å². The SMILES string of the molecule is CC(C)(C)c1cc(/C=N/c2ccccc2Sc2ccccc2)c(O)c(C(C)(C)C)c1. The maximum atomic E-state index is 11.0. The van der Waals surface area contributed by atoms with Gasteiger partial charge in [0, 0.05) is 27.1 Å². The molecule has 0 atom stereocenters. The van der Waals surface area contributed by atoms with Gasteiger partial charge in [-0.1, -0.05) is 89.7 Å². The van der Waals surface area contributed by atoms with E-state index in [9.17, 15) is 5.11 Å². The molecule has 3 heteroatoms. The van der Waals surface area contributed by atoms with E-state index < -0.39 is 0 Å². The minimum absolute atomic E-state index is 0.0165. The fraction of sp³-hybridized carbons (Fsp3) is 0.296. The number of hydrogen-bond acceptors (Lipinski definition) is 3. The van der Waals surface area contributed by atoms with E-state index in [1.54, 1.807) is 18.0 Å². The highest BCUT2D eigenvalue weighted by Crippen LogP contribution is 2.38. The van der Waals surface area contributed by atoms with Gasteiger partial charge in [0.1, 0.15) is 5.75 Å². The highest BCUT2D eigenvalue weighted by atomic mass is 32.2. The van der Waals surface area contributed by atoms with Gasteiger partial charge in [-0.05, 0) is 46.7 Å². The molecule has 0 radical (unpaired) electrons. The van der Waals surface area contributed by atoms with Crippen molar-refractivity contribution in [2.24, 2.45) is 4.99 Å². The fourth-order valence-electron chi connectivity index (χ4n) is 3.16. The molecule has 0 bridgehead atoms. The van der Waals surface area contributed by atoms with Crippen LogP contribution in [0.4, 0.5) is 5.69 Å². The molecule has 0 saturated heterocycles. The van der Waals surface area contributed by atoms with Gasteiger partial charge in [0.15, 0.2) is 0 Å². The molecule has 0 aliphatic heterocycles. The van der Waals surface area contributed by atoms with Gasteiger partial charge in [-0.15, -0.1) is 0 Å². The summed E-state index contributed by atoms with van der Waals surface area (Å²) in [6, 6.07) is 22.6. The van der Waals surface area contributed by atoms with Crippen LogP contribution >= 0.6 is 11.8 Å². The number of para-hydroxylation sites is 1. The molecule has 0 unspecified atom stereocenters. The van der Waals surface area contributed by atoms with Gasteiger partial charge in [-0.25, -0.2) is 0 Å². The summed E-state index contributed by atoms with van der Waals surface area (Å²) in [5, 5.41) is 11.0. The predicted octanol–water partition coefficient (Wildman–Crippen LogP) is 7.89. The van der Waals surface area contributed by atoms with Crippen molar-refractivity contribution in [3.05, 3.63) is 83.4 Å². The summed E-state index contributed by atoms with van der Waals surface area (Å²) < 4.78 is 0. The Labute approximate surface area is 185 Å². The molecule has 3 rings (SSSR count). The molecule has 1 N–H and O–H groups in total. The van der Waals surface area contributed by atoms with Crippen LogP contribution < -0.4 is 0 Å². The van der Waals surface area contributed by atoms with E-state index in [1.165, 1.54) is 10.5 Å². The van der Waals surface area contributed by atoms with Gasteiger partial charge in [0.25, 0.3) is 0 Å². The summed E-state index contributed by atoms with van der Waals surface area (Å²) in [4.78, 5) is 7.03. The first kappa shape index (κ1) is 22.2. The van der Waals surface area contributed by atoms with Crippen LogP contribution in [0.25, 0.3) is 0 Å². The second-order valence-corrected chi connectivity index (χ2v) is 10.7. The normalized spacial score (nSPS) is 12.5. The Balaban J connectivity index is 2.03. The second kappa shape index (κ2) is 8.69. The predicted molar refractivity (Wildman–Crippen MR) is 130 cm³/mol. The zero-order chi connectivity index (χ0) is 21.9. The zero-order valence-corrected chi connectivity index (χ0v) is 19.5. The zero-order valence-electron chi connectivity index (χ0n) is 18.7. The fourth-order valence-corrected chi connectivity index (χ4v) is 4.08. The molecular weight excluding hydrogens is 386 g/mol. The lowest BCUT2D eigenvalue weighted by Crippen LogP contribution is -2.17. The topological polar surface area (TPSA) is 32.6 Å². The first-order valence-corrected chi connectivity index (χ1v) is 11.1. The Morgan fingerprint density at radius 2 is 1.43 bits per heavy atom. The van der Waals surface area contributed by atoms with Crippen LogP contribution in [0.1, 0.15) is 58.2 Å². The summed E-state index contributed by atoms with van der Waals surface area (Å²) in [6.45, 7) is 13.0. The average Bonchev–Trinajstić information content (AvgIpc) is 2.67. The third kappa shape index (κ3) is 5.34. The largest absolute Gasteiger partial charge is 0.507 e. The van der Waals surface area contributed by atoms with E-state index in [1.807, 2.05) is 36.4 Å². The van der Waals surface area contributed by atoms with Crippen molar-refractivity contribution in [2.45, 2.75) is 62.2 Å². The first-order chi connectivity index (χ1) is 14.1. The molecule has 0 fully saturated rings. The van der Waals surface area contributed by atoms with Gasteiger partial charge in [-0.2, -0.15) is 0 Å². The smallest absolute Gasteiger partial charge is 0.128 e. The van der Waals surface area contributed by atoms with E-state index in [0.29, 0.717) is 5.75 Å². The van der Waals surface area contributed by atoms with Crippen LogP contribution in [-0.4, -0.2) is 11.3 Å². The summed E-state index contributed by atoms with van der Waals surface area (Å²) in [6.07, 6.45) is 1.80. The lowest BCUT2D eigenvalue weighted by Gasteiger charge is -2.27. The number of aromatic hydroxyl groups is 1. The van der Waals surface area contributed by atoms with Crippen molar-refractivity contribution >= 4 is 23.7 Å². The summed E-state index contributed by atoms with van der Waals surface area (Å²) in [5.41, 5.74) is 3.62. The van der Waals surface area contributed by atoms with E-state index in [-0.39, 0.29) is 10.8 Å². The van der Waals surface area contributed by atoms with Crippen molar-refractivity contribution < 1.29 is 5.11 Å². The standard InChI is InChI=1S/C27H31NOS/c1-26(2,3)20-16-19(25(29)22(17-20)27(4,5)6)18-28-23-14-10-11-15-24(23)30-21-12-8-7-9-13-21/h7-18,29H,1-6H3/b28-18+. The molecular formula is C27H31NOS. The average molecular weight is 418 g/mol. The van der Waals surface area contributed by atoms with Crippen LogP contribution in [0.5, 0.6) is 5.75 Å². The van der Waals surface area contributed by atoms with Crippen LogP contribution in [-0.2, 0) is 10.8 Å². The van der Waals surface area contributed by atoms with Crippen molar-refractivity contribution in [3.8, 4) is 5.75 Å². The molecule has 0 heterocycles. The molecule has 3 aromatic carbocycles. The Hall–Kier alpha value is -2.52. The van der Waals surface area contributed by atoms with Gasteiger partial charge < -0.3 is 5.11 Å². The third-order valence-corrected chi connectivity index (χ3v) is 6.07. The lowest BCUT2D eigenvalue weighted by molar-refractivity contribution is 0.444. The molecule has 0 saturated carbocycles. The molecule has 0 aliphatic rings. The molecule has 0 amide bonds. The van der Waals surface area contributed by atoms with Crippen LogP contribution in [0, 0.1) is 0 Å². The van der Waals surface area contributed by atoms with Crippen LogP contribution in [0.3, 0.4) is 0 Å². The lowest BCUT2D eigenvalue weighted by atomic mass is 9.79. The number of rotatable bonds is 4. The summed E-state index contributed by atoms with van der Waals surface area (Å²) in [5.74, 6) is 0.312. The second-order valence-electron chi connectivity index (χ2n) is 9.60. The maximum absolute atomic E-state index is 11.0. The van der Waals surface area contributed by atoms with Crippen molar-refractivity contribution in [2.75, 3.05) is 0 Å². The van der Waals surface area contributed by atoms with Crippen LogP contribution in [0.15, 0.2) is 81.5 Å². The number of nitrogens with zero attached hydrogens (tertiary/aromatic N) is 1. The van der Waals surface area contributed by atoms with Gasteiger partial charge >= 0.3 is 0 Å². The molecule has 0 aromatic heterocycles. The van der Waals surface area contributed by atoms with Gasteiger partial charge in [0.2, 0.25) is 0 Å². The Morgan fingerprint density at radius 3 is 2.07 bits per heavy atom. The Morgan fingerprint density at radius 1 is 0.800 bits per heavy atom. The number of aliphatic imine (C=N–C) groups is 1. The molecule has 2 nitrogen and oxygen atoms in total. The quantitative estimate of drug-likeness (QED) is 0.438. The monoisotopic (exact) mass is 417 g/mol. The molecule has 0 aliphatic carbocycles. The number of benzene rings is 3. The maximum Gasteiger partial charge on any atom is 0.128 e. The number of phenolic OH excluding ortho intramolecular Hbond substituents is 1. The highest BCUT2D eigenvalue weighted by molar-refractivity contribution is 7.99. The highest BCUT2D eigenvalue weighted by Gasteiger charge is 2.24. The van der Waals surface area contributed by atoms with Crippen molar-refractivity contribution in [3.63, 3.8) is 0 Å². The Bertz CT molecular complexity index is 1040. The molecule has 3 aromatic rings.